The first kappa shape index (κ1) is 40.7. The third-order valence-electron chi connectivity index (χ3n) is 12.8. The maximum Gasteiger partial charge on any atom is 0.266 e. The van der Waals surface area contributed by atoms with E-state index < -0.39 is 11.8 Å². The van der Waals surface area contributed by atoms with E-state index in [9.17, 15) is 0 Å². The topological polar surface area (TPSA) is 91.0 Å². The average molecular weight is 901 g/mol. The number of H-pyrrole nitrogens is 2. The van der Waals surface area contributed by atoms with Crippen molar-refractivity contribution in [3.63, 3.8) is 0 Å². The van der Waals surface area contributed by atoms with Crippen LogP contribution in [0.3, 0.4) is 0 Å². The number of pyridine rings is 1. The van der Waals surface area contributed by atoms with Gasteiger partial charge in [-0.25, -0.2) is 4.90 Å². The van der Waals surface area contributed by atoms with Crippen molar-refractivity contribution in [1.29, 1.82) is 0 Å². The molecule has 0 spiro atoms. The van der Waals surface area contributed by atoms with Crippen molar-refractivity contribution < 1.29 is 9.59 Å². The second kappa shape index (κ2) is 14.1. The van der Waals surface area contributed by atoms with Gasteiger partial charge in [0.05, 0.1) is 65.3 Å². The first-order chi connectivity index (χ1) is 29.4. The summed E-state index contributed by atoms with van der Waals surface area (Å²) in [5, 5.41) is 5.47. The lowest BCUT2D eigenvalue weighted by Crippen LogP contribution is -2.42. The molecule has 1 aliphatic rings. The molecule has 7 nitrogen and oxygen atoms in total. The number of rotatable bonds is 6. The lowest BCUT2D eigenvalue weighted by molar-refractivity contribution is 0.0895. The summed E-state index contributed by atoms with van der Waals surface area (Å²) in [6.07, 6.45) is 0. The smallest absolute Gasteiger partial charge is 0.266 e. The fraction of sp³-hybridized carbons (Fsp3) is 0.235. The van der Waals surface area contributed by atoms with Gasteiger partial charge in [-0.3, -0.25) is 19.0 Å². The highest BCUT2D eigenvalue weighted by Gasteiger charge is 2.43. The SMILES string of the molecule is C=c1c2c3[nH]c4c(Cl)cc(Cl)cc4c3c3c4c(c5c6cc(Cl)cc(Cl)c6[nH]c5c(c(=O)n1-c1c(C(C)C)cccc1C(C)C)c42)C(=O)N(c1c(C(C)C)cccc1C(C)C)C3=O. The van der Waals surface area contributed by atoms with Crippen LogP contribution in [0.15, 0.2) is 65.5 Å². The molecule has 312 valence electrons. The van der Waals surface area contributed by atoms with Gasteiger partial charge in [0.15, 0.2) is 0 Å². The van der Waals surface area contributed by atoms with E-state index in [1.807, 2.05) is 24.3 Å². The zero-order valence-electron chi connectivity index (χ0n) is 35.4. The maximum absolute atomic E-state index is 16.0. The van der Waals surface area contributed by atoms with Crippen molar-refractivity contribution in [2.75, 3.05) is 4.90 Å². The molecular formula is C51H42Cl4N4O3. The Morgan fingerprint density at radius 2 is 0.903 bits per heavy atom. The Kier molecular flexibility index (Phi) is 9.27. The minimum atomic E-state index is -0.528. The molecule has 1 aliphatic heterocycles. The van der Waals surface area contributed by atoms with E-state index >= 15 is 14.4 Å². The third kappa shape index (κ3) is 5.41. The number of aromatic nitrogens is 3. The Labute approximate surface area is 377 Å². The van der Waals surface area contributed by atoms with Gasteiger partial charge in [-0.2, -0.15) is 0 Å². The van der Waals surface area contributed by atoms with Gasteiger partial charge in [-0.1, -0.05) is 145 Å². The predicted octanol–water partition coefficient (Wildman–Crippen LogP) is 14.4. The molecule has 0 saturated heterocycles. The monoisotopic (exact) mass is 898 g/mol. The molecular weight excluding hydrogens is 858 g/mol. The van der Waals surface area contributed by atoms with Crippen LogP contribution >= 0.6 is 46.4 Å². The van der Waals surface area contributed by atoms with E-state index in [4.69, 9.17) is 53.0 Å². The van der Waals surface area contributed by atoms with E-state index in [0.717, 1.165) is 27.9 Å². The molecule has 2 N–H and O–H groups in total. The zero-order valence-corrected chi connectivity index (χ0v) is 38.4. The highest BCUT2D eigenvalue weighted by atomic mass is 35.5. The molecule has 0 saturated carbocycles. The number of nitrogens with zero attached hydrogens (tertiary/aromatic N) is 2. The highest BCUT2D eigenvalue weighted by Crippen LogP contribution is 2.51. The number of amides is 2. The standard InChI is InChI=1S/C51H42Cl4N4O3/c1-20(2)27-12-10-13-28(21(3)4)47(27)58-24(9)35-38-39-40(36-31-16-25(52)18-33(54)43(31)56-45(35)36)49(60)59(48-29(22(5)6)14-11-15-30(48)23(7)8)50(61)41(39)37-32-17-26(53)19-34(55)44(32)57-46(37)42(38)51(58)62/h10-23,56-57H,9H2,1-8H3. The highest BCUT2D eigenvalue weighted by molar-refractivity contribution is 6.51. The van der Waals surface area contributed by atoms with Crippen LogP contribution in [0.4, 0.5) is 5.69 Å². The van der Waals surface area contributed by atoms with Crippen LogP contribution in [0.2, 0.25) is 20.1 Å². The van der Waals surface area contributed by atoms with Gasteiger partial charge in [0.1, 0.15) is 0 Å². The van der Waals surface area contributed by atoms with Crippen molar-refractivity contribution in [3.05, 3.63) is 130 Å². The summed E-state index contributed by atoms with van der Waals surface area (Å²) >= 11 is 27.6. The van der Waals surface area contributed by atoms with Gasteiger partial charge in [0.2, 0.25) is 0 Å². The molecule has 4 heterocycles. The van der Waals surface area contributed by atoms with E-state index in [1.54, 1.807) is 28.8 Å². The van der Waals surface area contributed by atoms with E-state index in [0.29, 0.717) is 90.9 Å². The normalized spacial score (nSPS) is 13.6. The third-order valence-corrected chi connectivity index (χ3v) is 13.9. The van der Waals surface area contributed by atoms with Crippen LogP contribution in [0.5, 0.6) is 0 Å². The summed E-state index contributed by atoms with van der Waals surface area (Å²) in [6, 6.07) is 18.9. The summed E-state index contributed by atoms with van der Waals surface area (Å²) < 4.78 is 1.72. The fourth-order valence-electron chi connectivity index (χ4n) is 10.2. The molecule has 0 radical (unpaired) electrons. The Bertz CT molecular complexity index is 3410. The Morgan fingerprint density at radius 1 is 0.500 bits per heavy atom. The number of nitrogens with one attached hydrogen (secondary N) is 2. The van der Waals surface area contributed by atoms with Crippen molar-refractivity contribution in [2.24, 2.45) is 0 Å². The number of aromatic amines is 2. The summed E-state index contributed by atoms with van der Waals surface area (Å²) in [5.74, 6) is -1.08. The quantitative estimate of drug-likeness (QED) is 0.163. The molecule has 9 aromatic rings. The number of anilines is 1. The minimum absolute atomic E-state index is 0.0369. The maximum atomic E-state index is 16.0. The molecule has 0 bridgehead atoms. The van der Waals surface area contributed by atoms with Crippen LogP contribution in [0.25, 0.3) is 77.4 Å². The number of carbonyl (C=O) groups excluding carboxylic acids is 2. The number of benzene rings is 6. The molecule has 2 amide bonds. The average Bonchev–Trinajstić information content (AvgIpc) is 3.77. The first-order valence-electron chi connectivity index (χ1n) is 20.9. The van der Waals surface area contributed by atoms with Crippen LogP contribution < -0.4 is 15.8 Å². The fourth-order valence-corrected chi connectivity index (χ4v) is 11.2. The molecule has 0 fully saturated rings. The number of imide groups is 1. The second-order valence-corrected chi connectivity index (χ2v) is 19.5. The number of hydrogen-bond acceptors (Lipinski definition) is 3. The number of hydrogen-bond donors (Lipinski definition) is 2. The molecule has 3 aromatic heterocycles. The summed E-state index contributed by atoms with van der Waals surface area (Å²) in [6.45, 7) is 21.3. The number of halogens is 4. The lowest BCUT2D eigenvalue weighted by Gasteiger charge is -2.33. The van der Waals surface area contributed by atoms with Gasteiger partial charge in [-0.05, 0) is 70.2 Å². The minimum Gasteiger partial charge on any atom is -0.353 e. The summed E-state index contributed by atoms with van der Waals surface area (Å²) in [7, 11) is 0. The number of carbonyl (C=O) groups is 2. The summed E-state index contributed by atoms with van der Waals surface area (Å²) in [4.78, 5) is 56.5. The number of fused-ring (bicyclic) bond motifs is 10. The van der Waals surface area contributed by atoms with Gasteiger partial charge in [0, 0.05) is 47.7 Å². The van der Waals surface area contributed by atoms with Gasteiger partial charge >= 0.3 is 0 Å². The molecule has 6 aromatic carbocycles. The molecule has 0 atom stereocenters. The summed E-state index contributed by atoms with van der Waals surface area (Å²) in [5.41, 5.74) is 7.03. The van der Waals surface area contributed by atoms with E-state index in [1.165, 1.54) is 4.90 Å². The first-order valence-corrected chi connectivity index (χ1v) is 22.4. The molecule has 0 unspecified atom stereocenters. The van der Waals surface area contributed by atoms with Gasteiger partial charge in [0.25, 0.3) is 17.4 Å². The predicted molar refractivity (Wildman–Crippen MR) is 260 cm³/mol. The zero-order chi connectivity index (χ0) is 44.1. The number of para-hydroxylation sites is 2. The van der Waals surface area contributed by atoms with Crippen molar-refractivity contribution in [2.45, 2.75) is 79.1 Å². The van der Waals surface area contributed by atoms with E-state index in [-0.39, 0.29) is 45.7 Å². The van der Waals surface area contributed by atoms with Crippen LogP contribution in [-0.4, -0.2) is 26.3 Å². The van der Waals surface area contributed by atoms with Crippen LogP contribution in [0.1, 0.15) is 122 Å². The molecule has 11 heteroatoms. The van der Waals surface area contributed by atoms with Crippen molar-refractivity contribution >= 4 is 136 Å². The lowest BCUT2D eigenvalue weighted by atomic mass is 9.83. The van der Waals surface area contributed by atoms with Crippen molar-refractivity contribution in [1.82, 2.24) is 14.5 Å². The largest absolute Gasteiger partial charge is 0.353 e. The molecule has 10 rings (SSSR count). The van der Waals surface area contributed by atoms with E-state index in [2.05, 4.69) is 77.5 Å². The molecule has 62 heavy (non-hydrogen) atoms. The van der Waals surface area contributed by atoms with Crippen molar-refractivity contribution in [3.8, 4) is 5.69 Å². The van der Waals surface area contributed by atoms with Crippen LogP contribution in [0, 0.1) is 0 Å². The Balaban J connectivity index is 1.56. The molecule has 0 aliphatic carbocycles. The Morgan fingerprint density at radius 3 is 1.32 bits per heavy atom. The van der Waals surface area contributed by atoms with Gasteiger partial charge < -0.3 is 9.97 Å². The Hall–Kier alpha value is -5.31. The second-order valence-electron chi connectivity index (χ2n) is 17.8. The van der Waals surface area contributed by atoms with Gasteiger partial charge in [-0.15, -0.1) is 0 Å². The van der Waals surface area contributed by atoms with Crippen LogP contribution in [-0.2, 0) is 0 Å².